The SMILES string of the molecule is COC(=O)c1cccc(C)c1NCCOc1c(C)cccc1C. The van der Waals surface area contributed by atoms with Crippen LogP contribution in [0.25, 0.3) is 0 Å². The lowest BCUT2D eigenvalue weighted by atomic mass is 10.1. The molecule has 2 aromatic rings. The van der Waals surface area contributed by atoms with Crippen LogP contribution in [0.5, 0.6) is 5.75 Å². The Morgan fingerprint density at radius 2 is 1.61 bits per heavy atom. The van der Waals surface area contributed by atoms with E-state index in [1.807, 2.05) is 51.1 Å². The first-order chi connectivity index (χ1) is 11.0. The van der Waals surface area contributed by atoms with Crippen LogP contribution in [0.2, 0.25) is 0 Å². The lowest BCUT2D eigenvalue weighted by Gasteiger charge is -2.15. The molecular weight excluding hydrogens is 290 g/mol. The van der Waals surface area contributed by atoms with E-state index in [1.165, 1.54) is 7.11 Å². The number of hydrogen-bond acceptors (Lipinski definition) is 4. The number of esters is 1. The van der Waals surface area contributed by atoms with Crippen LogP contribution >= 0.6 is 0 Å². The van der Waals surface area contributed by atoms with Crippen LogP contribution in [0, 0.1) is 20.8 Å². The minimum Gasteiger partial charge on any atom is -0.491 e. The van der Waals surface area contributed by atoms with Crippen molar-refractivity contribution in [1.82, 2.24) is 0 Å². The topological polar surface area (TPSA) is 47.6 Å². The summed E-state index contributed by atoms with van der Waals surface area (Å²) < 4.78 is 10.7. The highest BCUT2D eigenvalue weighted by Gasteiger charge is 2.13. The summed E-state index contributed by atoms with van der Waals surface area (Å²) in [4.78, 5) is 11.8. The molecule has 0 heterocycles. The van der Waals surface area contributed by atoms with Crippen LogP contribution in [0.1, 0.15) is 27.0 Å². The molecule has 0 bridgehead atoms. The number of aryl methyl sites for hydroxylation is 3. The second kappa shape index (κ2) is 7.68. The molecule has 0 saturated carbocycles. The summed E-state index contributed by atoms with van der Waals surface area (Å²) in [7, 11) is 1.39. The van der Waals surface area contributed by atoms with Crippen molar-refractivity contribution < 1.29 is 14.3 Å². The van der Waals surface area contributed by atoms with E-state index in [0.29, 0.717) is 18.7 Å². The number of nitrogens with one attached hydrogen (secondary N) is 1. The quantitative estimate of drug-likeness (QED) is 0.649. The van der Waals surface area contributed by atoms with Crippen LogP contribution in [0.15, 0.2) is 36.4 Å². The Morgan fingerprint density at radius 3 is 2.26 bits per heavy atom. The number of ether oxygens (including phenoxy) is 2. The van der Waals surface area contributed by atoms with Gasteiger partial charge in [-0.15, -0.1) is 0 Å². The van der Waals surface area contributed by atoms with Gasteiger partial charge in [0.15, 0.2) is 0 Å². The second-order valence-corrected chi connectivity index (χ2v) is 5.49. The van der Waals surface area contributed by atoms with Crippen LogP contribution in [0.4, 0.5) is 5.69 Å². The van der Waals surface area contributed by atoms with Crippen molar-refractivity contribution in [2.75, 3.05) is 25.6 Å². The molecular formula is C19H23NO3. The van der Waals surface area contributed by atoms with Gasteiger partial charge in [0.2, 0.25) is 0 Å². The van der Waals surface area contributed by atoms with Gasteiger partial charge in [-0.2, -0.15) is 0 Å². The van der Waals surface area contributed by atoms with E-state index >= 15 is 0 Å². The highest BCUT2D eigenvalue weighted by Crippen LogP contribution is 2.23. The van der Waals surface area contributed by atoms with Gasteiger partial charge in [-0.1, -0.05) is 30.3 Å². The van der Waals surface area contributed by atoms with Crippen molar-refractivity contribution in [1.29, 1.82) is 0 Å². The molecule has 0 radical (unpaired) electrons. The molecule has 4 heteroatoms. The summed E-state index contributed by atoms with van der Waals surface area (Å²) >= 11 is 0. The molecule has 0 spiro atoms. The lowest BCUT2D eigenvalue weighted by Crippen LogP contribution is -2.16. The molecule has 2 rings (SSSR count). The summed E-state index contributed by atoms with van der Waals surface area (Å²) in [5.74, 6) is 0.583. The summed E-state index contributed by atoms with van der Waals surface area (Å²) in [6, 6.07) is 11.7. The van der Waals surface area contributed by atoms with Gasteiger partial charge in [0.1, 0.15) is 12.4 Å². The Hall–Kier alpha value is -2.49. The Labute approximate surface area is 137 Å². The molecule has 1 N–H and O–H groups in total. The monoisotopic (exact) mass is 313 g/mol. The molecule has 0 aliphatic carbocycles. The molecule has 0 saturated heterocycles. The van der Waals surface area contributed by atoms with Crippen molar-refractivity contribution in [3.8, 4) is 5.75 Å². The Bertz CT molecular complexity index is 675. The van der Waals surface area contributed by atoms with Gasteiger partial charge in [-0.25, -0.2) is 4.79 Å². The molecule has 0 amide bonds. The maximum absolute atomic E-state index is 11.8. The van der Waals surface area contributed by atoms with Crippen molar-refractivity contribution in [2.45, 2.75) is 20.8 Å². The minimum atomic E-state index is -0.341. The summed E-state index contributed by atoms with van der Waals surface area (Å²) in [5.41, 5.74) is 4.58. The largest absolute Gasteiger partial charge is 0.491 e. The van der Waals surface area contributed by atoms with Gasteiger partial charge in [0, 0.05) is 6.54 Å². The number of rotatable bonds is 6. The fourth-order valence-electron chi connectivity index (χ4n) is 2.54. The van der Waals surface area contributed by atoms with Crippen molar-refractivity contribution in [3.63, 3.8) is 0 Å². The molecule has 0 atom stereocenters. The van der Waals surface area contributed by atoms with Gasteiger partial charge in [-0.05, 0) is 43.5 Å². The minimum absolute atomic E-state index is 0.341. The highest BCUT2D eigenvalue weighted by atomic mass is 16.5. The average Bonchev–Trinajstić information content (AvgIpc) is 2.54. The molecule has 2 aromatic carbocycles. The number of carbonyl (C=O) groups is 1. The zero-order chi connectivity index (χ0) is 16.8. The smallest absolute Gasteiger partial charge is 0.339 e. The van der Waals surface area contributed by atoms with Gasteiger partial charge >= 0.3 is 5.97 Å². The van der Waals surface area contributed by atoms with E-state index in [1.54, 1.807) is 6.07 Å². The normalized spacial score (nSPS) is 10.3. The van der Waals surface area contributed by atoms with Gasteiger partial charge in [-0.3, -0.25) is 0 Å². The van der Waals surface area contributed by atoms with E-state index in [4.69, 9.17) is 9.47 Å². The first-order valence-electron chi connectivity index (χ1n) is 7.65. The Kier molecular flexibility index (Phi) is 5.63. The summed E-state index contributed by atoms with van der Waals surface area (Å²) in [6.45, 7) is 7.14. The molecule has 0 aliphatic rings. The first kappa shape index (κ1) is 16.9. The Balaban J connectivity index is 2.01. The first-order valence-corrected chi connectivity index (χ1v) is 7.65. The van der Waals surface area contributed by atoms with E-state index in [0.717, 1.165) is 28.1 Å². The second-order valence-electron chi connectivity index (χ2n) is 5.49. The number of methoxy groups -OCH3 is 1. The van der Waals surface area contributed by atoms with Crippen molar-refractivity contribution >= 4 is 11.7 Å². The molecule has 0 unspecified atom stereocenters. The van der Waals surface area contributed by atoms with Crippen LogP contribution in [0.3, 0.4) is 0 Å². The zero-order valence-corrected chi connectivity index (χ0v) is 14.1. The maximum atomic E-state index is 11.8. The van der Waals surface area contributed by atoms with Crippen LogP contribution < -0.4 is 10.1 Å². The lowest BCUT2D eigenvalue weighted by molar-refractivity contribution is 0.0601. The standard InChI is InChI=1S/C19H23NO3/c1-13-7-6-10-16(19(21)22-4)17(13)20-11-12-23-18-14(2)8-5-9-15(18)3/h5-10,20H,11-12H2,1-4H3. The number of hydrogen-bond donors (Lipinski definition) is 1. The van der Waals surface area contributed by atoms with Gasteiger partial charge in [0.05, 0.1) is 18.4 Å². The number of benzene rings is 2. The van der Waals surface area contributed by atoms with E-state index in [9.17, 15) is 4.79 Å². The zero-order valence-electron chi connectivity index (χ0n) is 14.1. The third kappa shape index (κ3) is 4.03. The van der Waals surface area contributed by atoms with Gasteiger partial charge in [0.25, 0.3) is 0 Å². The van der Waals surface area contributed by atoms with Crippen LogP contribution in [-0.2, 0) is 4.74 Å². The van der Waals surface area contributed by atoms with E-state index in [-0.39, 0.29) is 5.97 Å². The molecule has 122 valence electrons. The fourth-order valence-corrected chi connectivity index (χ4v) is 2.54. The fraction of sp³-hybridized carbons (Fsp3) is 0.316. The highest BCUT2D eigenvalue weighted by molar-refractivity contribution is 5.96. The number of carbonyl (C=O) groups excluding carboxylic acids is 1. The van der Waals surface area contributed by atoms with E-state index in [2.05, 4.69) is 5.32 Å². The third-order valence-electron chi connectivity index (χ3n) is 3.74. The van der Waals surface area contributed by atoms with E-state index < -0.39 is 0 Å². The summed E-state index contributed by atoms with van der Waals surface area (Å²) in [5, 5.41) is 3.28. The molecule has 4 nitrogen and oxygen atoms in total. The average molecular weight is 313 g/mol. The number of anilines is 1. The van der Waals surface area contributed by atoms with Gasteiger partial charge < -0.3 is 14.8 Å². The number of para-hydroxylation sites is 2. The molecule has 0 aliphatic heterocycles. The van der Waals surface area contributed by atoms with Crippen molar-refractivity contribution in [3.05, 3.63) is 58.7 Å². The van der Waals surface area contributed by atoms with Crippen molar-refractivity contribution in [2.24, 2.45) is 0 Å². The predicted octanol–water partition coefficient (Wildman–Crippen LogP) is 3.89. The maximum Gasteiger partial charge on any atom is 0.339 e. The molecule has 0 fully saturated rings. The Morgan fingerprint density at radius 1 is 1.00 bits per heavy atom. The van der Waals surface area contributed by atoms with Crippen LogP contribution in [-0.4, -0.2) is 26.2 Å². The predicted molar refractivity (Wildman–Crippen MR) is 92.4 cm³/mol. The molecule has 0 aromatic heterocycles. The molecule has 23 heavy (non-hydrogen) atoms. The third-order valence-corrected chi connectivity index (χ3v) is 3.74. The summed E-state index contributed by atoms with van der Waals surface area (Å²) in [6.07, 6.45) is 0.